The molecule has 2 heterocycles. The van der Waals surface area contributed by atoms with E-state index in [0.717, 1.165) is 43.7 Å². The van der Waals surface area contributed by atoms with E-state index in [4.69, 9.17) is 4.74 Å². The van der Waals surface area contributed by atoms with Crippen LogP contribution in [-0.2, 0) is 9.59 Å². The summed E-state index contributed by atoms with van der Waals surface area (Å²) in [5.41, 5.74) is -0.263. The lowest BCUT2D eigenvalue weighted by Crippen LogP contribution is -2.51. The van der Waals surface area contributed by atoms with Crippen molar-refractivity contribution in [1.82, 2.24) is 4.90 Å². The van der Waals surface area contributed by atoms with Gasteiger partial charge in [-0.25, -0.2) is 0 Å². The zero-order chi connectivity index (χ0) is 21.9. The molecule has 2 spiro atoms. The minimum atomic E-state index is -0.857. The zero-order valence-corrected chi connectivity index (χ0v) is 18.7. The fourth-order valence-corrected chi connectivity index (χ4v) is 5.95. The topological polar surface area (TPSA) is 70.1 Å². The van der Waals surface area contributed by atoms with Gasteiger partial charge in [-0.05, 0) is 89.5 Å². The summed E-state index contributed by atoms with van der Waals surface area (Å²) >= 11 is 0. The van der Waals surface area contributed by atoms with Crippen molar-refractivity contribution < 1.29 is 19.4 Å². The van der Waals surface area contributed by atoms with Crippen LogP contribution in [-0.4, -0.2) is 52.2 Å². The van der Waals surface area contributed by atoms with Crippen molar-refractivity contribution in [3.8, 4) is 5.75 Å². The molecule has 31 heavy (non-hydrogen) atoms. The van der Waals surface area contributed by atoms with E-state index in [0.29, 0.717) is 38.6 Å². The average Bonchev–Trinajstić information content (AvgIpc) is 3.39. The van der Waals surface area contributed by atoms with E-state index >= 15 is 0 Å². The molecule has 4 fully saturated rings. The maximum atomic E-state index is 13.4. The Morgan fingerprint density at radius 3 is 2.26 bits per heavy atom. The number of amides is 2. The molecule has 6 heteroatoms. The quantitative estimate of drug-likeness (QED) is 0.780. The van der Waals surface area contributed by atoms with Gasteiger partial charge in [0, 0.05) is 30.7 Å². The Balaban J connectivity index is 1.23. The molecule has 0 aromatic heterocycles. The van der Waals surface area contributed by atoms with Crippen LogP contribution in [0, 0.1) is 5.41 Å². The first kappa shape index (κ1) is 20.8. The number of rotatable bonds is 5. The van der Waals surface area contributed by atoms with Gasteiger partial charge in [0.15, 0.2) is 0 Å². The van der Waals surface area contributed by atoms with Crippen molar-refractivity contribution in [3.63, 3.8) is 0 Å². The first-order valence-electron chi connectivity index (χ1n) is 11.9. The van der Waals surface area contributed by atoms with E-state index < -0.39 is 5.60 Å². The predicted octanol–water partition coefficient (Wildman–Crippen LogP) is 3.66. The summed E-state index contributed by atoms with van der Waals surface area (Å²) in [7, 11) is 0. The molecular formula is C25H34N2O4. The van der Waals surface area contributed by atoms with Gasteiger partial charge in [0.05, 0.1) is 17.1 Å². The molecule has 1 aromatic carbocycles. The third-order valence-electron chi connectivity index (χ3n) is 8.13. The number of hydrogen-bond acceptors (Lipinski definition) is 4. The van der Waals surface area contributed by atoms with Crippen molar-refractivity contribution >= 4 is 17.5 Å². The Labute approximate surface area is 184 Å². The van der Waals surface area contributed by atoms with Crippen molar-refractivity contribution in [2.24, 2.45) is 5.41 Å². The highest BCUT2D eigenvalue weighted by molar-refractivity contribution is 6.00. The van der Waals surface area contributed by atoms with E-state index in [9.17, 15) is 14.7 Å². The number of benzene rings is 1. The highest BCUT2D eigenvalue weighted by Crippen LogP contribution is 2.53. The van der Waals surface area contributed by atoms with E-state index in [1.54, 1.807) is 0 Å². The molecule has 0 unspecified atom stereocenters. The summed E-state index contributed by atoms with van der Waals surface area (Å²) in [5.74, 6) is 1.19. The molecule has 0 bridgehead atoms. The van der Waals surface area contributed by atoms with Crippen LogP contribution in [0.2, 0.25) is 0 Å². The van der Waals surface area contributed by atoms with Crippen molar-refractivity contribution in [2.75, 3.05) is 18.0 Å². The number of likely N-dealkylation sites (tertiary alicyclic amines) is 1. The summed E-state index contributed by atoms with van der Waals surface area (Å²) in [6, 6.07) is 7.77. The van der Waals surface area contributed by atoms with Crippen LogP contribution in [0.1, 0.15) is 71.6 Å². The van der Waals surface area contributed by atoms with E-state index in [1.165, 1.54) is 0 Å². The molecule has 6 nitrogen and oxygen atoms in total. The molecule has 2 saturated heterocycles. The first-order chi connectivity index (χ1) is 14.7. The Morgan fingerprint density at radius 2 is 1.65 bits per heavy atom. The summed E-state index contributed by atoms with van der Waals surface area (Å²) in [5, 5.41) is 11.3. The molecular weight excluding hydrogens is 392 g/mol. The SMILES string of the molecule is CC(C)Oc1ccc(N2CC[C@]3(CC[C@@](O)(CN4C(=O)CCC45CC5)CC3)C2=O)cc1. The smallest absolute Gasteiger partial charge is 0.233 e. The Hall–Kier alpha value is -2.08. The molecule has 0 radical (unpaired) electrons. The van der Waals surface area contributed by atoms with Gasteiger partial charge >= 0.3 is 0 Å². The zero-order valence-electron chi connectivity index (χ0n) is 18.7. The molecule has 2 aliphatic carbocycles. The fourth-order valence-electron chi connectivity index (χ4n) is 5.95. The van der Waals surface area contributed by atoms with Gasteiger partial charge in [0.25, 0.3) is 0 Å². The van der Waals surface area contributed by atoms with E-state index in [-0.39, 0.29) is 28.9 Å². The number of aliphatic hydroxyl groups is 1. The van der Waals surface area contributed by atoms with Crippen molar-refractivity contribution in [2.45, 2.75) is 88.9 Å². The predicted molar refractivity (Wildman–Crippen MR) is 118 cm³/mol. The third kappa shape index (κ3) is 3.63. The molecule has 2 saturated carbocycles. The normalized spacial score (nSPS) is 32.0. The Morgan fingerprint density at radius 1 is 0.968 bits per heavy atom. The second kappa shape index (κ2) is 7.22. The number of carbonyl (C=O) groups excluding carboxylic acids is 2. The van der Waals surface area contributed by atoms with Crippen LogP contribution >= 0.6 is 0 Å². The van der Waals surface area contributed by atoms with Crippen LogP contribution in [0.3, 0.4) is 0 Å². The summed E-state index contributed by atoms with van der Waals surface area (Å²) < 4.78 is 5.71. The molecule has 168 valence electrons. The number of carbonyl (C=O) groups is 2. The highest BCUT2D eigenvalue weighted by atomic mass is 16.5. The second-order valence-corrected chi connectivity index (χ2v) is 10.6. The van der Waals surface area contributed by atoms with Gasteiger partial charge < -0.3 is 19.6 Å². The largest absolute Gasteiger partial charge is 0.491 e. The Kier molecular flexibility index (Phi) is 4.85. The second-order valence-electron chi connectivity index (χ2n) is 10.6. The maximum absolute atomic E-state index is 13.4. The van der Waals surface area contributed by atoms with Crippen LogP contribution in [0.5, 0.6) is 5.75 Å². The number of anilines is 1. The molecule has 0 atom stereocenters. The molecule has 1 aromatic rings. The summed E-state index contributed by atoms with van der Waals surface area (Å²) in [4.78, 5) is 29.7. The van der Waals surface area contributed by atoms with Gasteiger partial charge in [-0.3, -0.25) is 9.59 Å². The summed E-state index contributed by atoms with van der Waals surface area (Å²) in [6.45, 7) is 5.15. The standard InChI is InChI=1S/C25H34N2O4/c1-18(2)31-20-5-3-19(4-6-20)26-16-15-23(22(26)29)9-13-25(30,14-10-23)17-27-21(28)7-8-24(27)11-12-24/h3-6,18,30H,7-17H2,1-2H3/t23-,25+. The summed E-state index contributed by atoms with van der Waals surface area (Å²) in [6.07, 6.45) is 7.24. The minimum absolute atomic E-state index is 0.0490. The molecule has 2 amide bonds. The van der Waals surface area contributed by atoms with Gasteiger partial charge in [-0.1, -0.05) is 0 Å². The number of nitrogens with zero attached hydrogens (tertiary/aromatic N) is 2. The van der Waals surface area contributed by atoms with Gasteiger partial charge in [-0.2, -0.15) is 0 Å². The van der Waals surface area contributed by atoms with E-state index in [1.807, 2.05) is 47.9 Å². The molecule has 1 N–H and O–H groups in total. The fraction of sp³-hybridized carbons (Fsp3) is 0.680. The van der Waals surface area contributed by atoms with E-state index in [2.05, 4.69) is 0 Å². The Bertz CT molecular complexity index is 866. The molecule has 4 aliphatic rings. The number of β-amino-alcohol motifs (C(OH)–C–C–N with tert-alkyl or cyclic N) is 1. The van der Waals surface area contributed by atoms with Gasteiger partial charge in [0.2, 0.25) is 11.8 Å². The number of ether oxygens (including phenoxy) is 1. The first-order valence-corrected chi connectivity index (χ1v) is 11.9. The van der Waals surface area contributed by atoms with Crippen molar-refractivity contribution in [3.05, 3.63) is 24.3 Å². The highest BCUT2D eigenvalue weighted by Gasteiger charge is 2.57. The van der Waals surface area contributed by atoms with Crippen LogP contribution < -0.4 is 9.64 Å². The average molecular weight is 427 g/mol. The van der Waals surface area contributed by atoms with Gasteiger partial charge in [0.1, 0.15) is 5.75 Å². The van der Waals surface area contributed by atoms with Gasteiger partial charge in [-0.15, -0.1) is 0 Å². The number of hydrogen-bond donors (Lipinski definition) is 1. The van der Waals surface area contributed by atoms with Crippen LogP contribution in [0.25, 0.3) is 0 Å². The molecule has 5 rings (SSSR count). The minimum Gasteiger partial charge on any atom is -0.491 e. The lowest BCUT2D eigenvalue weighted by molar-refractivity contribution is -0.139. The third-order valence-corrected chi connectivity index (χ3v) is 8.13. The maximum Gasteiger partial charge on any atom is 0.233 e. The lowest BCUT2D eigenvalue weighted by Gasteiger charge is -2.43. The monoisotopic (exact) mass is 426 g/mol. The lowest BCUT2D eigenvalue weighted by atomic mass is 9.67. The van der Waals surface area contributed by atoms with Crippen molar-refractivity contribution in [1.29, 1.82) is 0 Å². The van der Waals surface area contributed by atoms with Crippen LogP contribution in [0.4, 0.5) is 5.69 Å². The molecule has 2 aliphatic heterocycles. The van der Waals surface area contributed by atoms with Crippen LogP contribution in [0.15, 0.2) is 24.3 Å².